The fourth-order valence-corrected chi connectivity index (χ4v) is 5.86. The van der Waals surface area contributed by atoms with E-state index in [-0.39, 0.29) is 23.0 Å². The maximum absolute atomic E-state index is 14.0. The van der Waals surface area contributed by atoms with E-state index in [4.69, 9.17) is 9.47 Å². The molecule has 0 radical (unpaired) electrons. The summed E-state index contributed by atoms with van der Waals surface area (Å²) in [6, 6.07) is 19.9. The van der Waals surface area contributed by atoms with Gasteiger partial charge in [0, 0.05) is 19.2 Å². The molecule has 226 valence electrons. The van der Waals surface area contributed by atoms with Gasteiger partial charge in [0.25, 0.3) is 10.0 Å². The quantitative estimate of drug-likeness (QED) is 0.258. The van der Waals surface area contributed by atoms with E-state index >= 15 is 0 Å². The molecular weight excluding hydrogens is 554 g/mol. The highest BCUT2D eigenvalue weighted by atomic mass is 32.2. The van der Waals surface area contributed by atoms with E-state index in [0.29, 0.717) is 24.5 Å². The molecule has 9 nitrogen and oxygen atoms in total. The van der Waals surface area contributed by atoms with Crippen LogP contribution in [0.15, 0.2) is 77.7 Å². The van der Waals surface area contributed by atoms with E-state index < -0.39 is 28.5 Å². The first-order valence-electron chi connectivity index (χ1n) is 14.0. The molecule has 10 heteroatoms. The lowest BCUT2D eigenvalue weighted by Crippen LogP contribution is -2.52. The van der Waals surface area contributed by atoms with E-state index in [1.165, 1.54) is 37.3 Å². The Hall–Kier alpha value is -4.05. The van der Waals surface area contributed by atoms with Gasteiger partial charge in [-0.05, 0) is 56.5 Å². The molecule has 0 saturated heterocycles. The van der Waals surface area contributed by atoms with Crippen LogP contribution in [0.5, 0.6) is 11.5 Å². The molecule has 3 aromatic carbocycles. The lowest BCUT2D eigenvalue weighted by Gasteiger charge is -2.32. The summed E-state index contributed by atoms with van der Waals surface area (Å²) in [6.07, 6.45) is 2.24. The van der Waals surface area contributed by atoms with Gasteiger partial charge in [-0.2, -0.15) is 0 Å². The summed E-state index contributed by atoms with van der Waals surface area (Å²) >= 11 is 0. The second-order valence-corrected chi connectivity index (χ2v) is 11.9. The van der Waals surface area contributed by atoms with Crippen LogP contribution in [0.25, 0.3) is 0 Å². The van der Waals surface area contributed by atoms with E-state index in [1.807, 2.05) is 44.2 Å². The van der Waals surface area contributed by atoms with Crippen LogP contribution in [0.1, 0.15) is 37.8 Å². The molecule has 0 aliphatic heterocycles. The average molecular weight is 596 g/mol. The monoisotopic (exact) mass is 595 g/mol. The lowest BCUT2D eigenvalue weighted by atomic mass is 10.1. The van der Waals surface area contributed by atoms with Gasteiger partial charge in [0.15, 0.2) is 11.5 Å². The van der Waals surface area contributed by atoms with Crippen LogP contribution in [0.4, 0.5) is 5.69 Å². The summed E-state index contributed by atoms with van der Waals surface area (Å²) in [7, 11) is -1.25. The average Bonchev–Trinajstić information content (AvgIpc) is 3.00. The fourth-order valence-electron chi connectivity index (χ4n) is 4.45. The zero-order valence-electron chi connectivity index (χ0n) is 25.0. The van der Waals surface area contributed by atoms with Crippen molar-refractivity contribution in [2.75, 3.05) is 38.2 Å². The number of benzene rings is 3. The van der Waals surface area contributed by atoms with Crippen molar-refractivity contribution in [1.82, 2.24) is 10.2 Å². The Bertz CT molecular complexity index is 1430. The Kier molecular flexibility index (Phi) is 11.8. The number of aryl methyl sites for hydroxylation is 1. The number of unbranched alkanes of at least 4 members (excludes halogenated alkanes) is 1. The SMILES string of the molecule is CCCCNC(=O)[C@H](C)N(CCc1ccccc1)C(=O)CN(c1ccc(OC)c(OC)c1)S(=O)(=O)c1ccc(C)cc1. The molecule has 0 unspecified atom stereocenters. The summed E-state index contributed by atoms with van der Waals surface area (Å²) in [4.78, 5) is 28.6. The largest absolute Gasteiger partial charge is 0.493 e. The van der Waals surface area contributed by atoms with Crippen LogP contribution in [-0.2, 0) is 26.0 Å². The minimum atomic E-state index is -4.19. The highest BCUT2D eigenvalue weighted by molar-refractivity contribution is 7.92. The number of hydrogen-bond acceptors (Lipinski definition) is 6. The summed E-state index contributed by atoms with van der Waals surface area (Å²) < 4.78 is 39.8. The Morgan fingerprint density at radius 1 is 0.929 bits per heavy atom. The van der Waals surface area contributed by atoms with Crippen LogP contribution in [0.3, 0.4) is 0 Å². The van der Waals surface area contributed by atoms with Crippen LogP contribution >= 0.6 is 0 Å². The van der Waals surface area contributed by atoms with Crippen molar-refractivity contribution < 1.29 is 27.5 Å². The summed E-state index contributed by atoms with van der Waals surface area (Å²) in [5, 5.41) is 2.90. The molecule has 0 heterocycles. The normalized spacial score (nSPS) is 11.8. The van der Waals surface area contributed by atoms with Gasteiger partial charge in [0.2, 0.25) is 11.8 Å². The number of sulfonamides is 1. The van der Waals surface area contributed by atoms with Crippen molar-refractivity contribution in [3.63, 3.8) is 0 Å². The smallest absolute Gasteiger partial charge is 0.264 e. The van der Waals surface area contributed by atoms with Gasteiger partial charge in [-0.1, -0.05) is 61.4 Å². The van der Waals surface area contributed by atoms with Gasteiger partial charge >= 0.3 is 0 Å². The molecule has 0 bridgehead atoms. The number of nitrogens with zero attached hydrogens (tertiary/aromatic N) is 2. The number of carbonyl (C=O) groups is 2. The number of anilines is 1. The number of carbonyl (C=O) groups excluding carboxylic acids is 2. The molecule has 3 aromatic rings. The lowest BCUT2D eigenvalue weighted by molar-refractivity contribution is -0.138. The standard InChI is InChI=1S/C32H41N3O6S/c1-6-7-20-33-32(37)25(3)34(21-19-26-11-9-8-10-12-26)31(36)23-35(27-15-18-29(40-4)30(22-27)41-5)42(38,39)28-16-13-24(2)14-17-28/h8-18,22,25H,6-7,19-21,23H2,1-5H3,(H,33,37)/t25-/m0/s1. The van der Waals surface area contributed by atoms with Crippen molar-refractivity contribution >= 4 is 27.5 Å². The van der Waals surface area contributed by atoms with E-state index in [2.05, 4.69) is 5.32 Å². The van der Waals surface area contributed by atoms with Crippen molar-refractivity contribution in [3.8, 4) is 11.5 Å². The van der Waals surface area contributed by atoms with Gasteiger partial charge in [-0.3, -0.25) is 13.9 Å². The third-order valence-electron chi connectivity index (χ3n) is 7.02. The van der Waals surface area contributed by atoms with E-state index in [1.54, 1.807) is 31.2 Å². The minimum Gasteiger partial charge on any atom is -0.493 e. The number of methoxy groups -OCH3 is 2. The minimum absolute atomic E-state index is 0.0388. The third kappa shape index (κ3) is 8.25. The zero-order valence-corrected chi connectivity index (χ0v) is 25.8. The molecule has 0 saturated carbocycles. The molecule has 0 aliphatic rings. The van der Waals surface area contributed by atoms with E-state index in [9.17, 15) is 18.0 Å². The fraction of sp³-hybridized carbons (Fsp3) is 0.375. The maximum Gasteiger partial charge on any atom is 0.264 e. The first kappa shape index (κ1) is 32.5. The Balaban J connectivity index is 2.01. The molecule has 3 rings (SSSR count). The summed E-state index contributed by atoms with van der Waals surface area (Å²) in [6.45, 7) is 5.77. The summed E-state index contributed by atoms with van der Waals surface area (Å²) in [5.74, 6) is -0.0586. The van der Waals surface area contributed by atoms with Crippen LogP contribution in [-0.4, -0.2) is 65.0 Å². The molecule has 0 aliphatic carbocycles. The summed E-state index contributed by atoms with van der Waals surface area (Å²) in [5.41, 5.74) is 2.13. The molecule has 0 spiro atoms. The Morgan fingerprint density at radius 2 is 1.60 bits per heavy atom. The van der Waals surface area contributed by atoms with Gasteiger partial charge in [-0.25, -0.2) is 8.42 Å². The highest BCUT2D eigenvalue weighted by Crippen LogP contribution is 2.34. The first-order valence-corrected chi connectivity index (χ1v) is 15.5. The van der Waals surface area contributed by atoms with Crippen molar-refractivity contribution in [3.05, 3.63) is 83.9 Å². The predicted molar refractivity (Wildman–Crippen MR) is 164 cm³/mol. The van der Waals surface area contributed by atoms with Crippen molar-refractivity contribution in [2.24, 2.45) is 0 Å². The highest BCUT2D eigenvalue weighted by Gasteiger charge is 2.32. The Labute approximate surface area is 249 Å². The third-order valence-corrected chi connectivity index (χ3v) is 8.81. The van der Waals surface area contributed by atoms with Crippen LogP contribution in [0.2, 0.25) is 0 Å². The van der Waals surface area contributed by atoms with Gasteiger partial charge in [0.05, 0.1) is 24.8 Å². The van der Waals surface area contributed by atoms with Crippen molar-refractivity contribution in [2.45, 2.75) is 51.0 Å². The second-order valence-electron chi connectivity index (χ2n) is 10.0. The van der Waals surface area contributed by atoms with Crippen LogP contribution in [0, 0.1) is 6.92 Å². The topological polar surface area (TPSA) is 105 Å². The molecule has 2 amide bonds. The number of ether oxygens (including phenoxy) is 2. The Morgan fingerprint density at radius 3 is 2.21 bits per heavy atom. The number of nitrogens with one attached hydrogen (secondary N) is 1. The zero-order chi connectivity index (χ0) is 30.7. The number of hydrogen-bond donors (Lipinski definition) is 1. The molecule has 1 atom stereocenters. The van der Waals surface area contributed by atoms with Gasteiger partial charge < -0.3 is 19.7 Å². The van der Waals surface area contributed by atoms with Gasteiger partial charge in [-0.15, -0.1) is 0 Å². The molecule has 0 fully saturated rings. The predicted octanol–water partition coefficient (Wildman–Crippen LogP) is 4.58. The van der Waals surface area contributed by atoms with Crippen LogP contribution < -0.4 is 19.1 Å². The number of amides is 2. The molecule has 0 aromatic heterocycles. The van der Waals surface area contributed by atoms with Crippen molar-refractivity contribution in [1.29, 1.82) is 0 Å². The molecular formula is C32H41N3O6S. The molecule has 42 heavy (non-hydrogen) atoms. The number of rotatable bonds is 15. The second kappa shape index (κ2) is 15.3. The van der Waals surface area contributed by atoms with E-state index in [0.717, 1.165) is 28.3 Å². The van der Waals surface area contributed by atoms with Gasteiger partial charge in [0.1, 0.15) is 12.6 Å². The first-order chi connectivity index (χ1) is 20.1. The molecule has 1 N–H and O–H groups in total. The maximum atomic E-state index is 14.0.